The van der Waals surface area contributed by atoms with Gasteiger partial charge in [0.15, 0.2) is 0 Å². The molecule has 1 aliphatic heterocycles. The molecule has 0 amide bonds. The van der Waals surface area contributed by atoms with Crippen molar-refractivity contribution in [3.05, 3.63) is 58.5 Å². The van der Waals surface area contributed by atoms with Crippen LogP contribution in [-0.2, 0) is 13.1 Å². The van der Waals surface area contributed by atoms with Crippen LogP contribution in [0, 0.1) is 6.92 Å². The molecule has 33 heavy (non-hydrogen) atoms. The lowest BCUT2D eigenvalue weighted by molar-refractivity contribution is 0.347. The maximum absolute atomic E-state index is 12.9. The van der Waals surface area contributed by atoms with E-state index < -0.39 is 0 Å². The van der Waals surface area contributed by atoms with Crippen molar-refractivity contribution in [1.29, 1.82) is 0 Å². The van der Waals surface area contributed by atoms with Gasteiger partial charge < -0.3 is 11.1 Å². The Balaban J connectivity index is 1.75. The van der Waals surface area contributed by atoms with Crippen molar-refractivity contribution in [3.8, 4) is 22.4 Å². The highest BCUT2D eigenvalue weighted by Gasteiger charge is 2.25. The van der Waals surface area contributed by atoms with Gasteiger partial charge in [0.05, 0.1) is 22.6 Å². The fourth-order valence-corrected chi connectivity index (χ4v) is 5.14. The molecule has 172 valence electrons. The van der Waals surface area contributed by atoms with E-state index in [0.29, 0.717) is 18.9 Å². The molecule has 0 radical (unpaired) electrons. The van der Waals surface area contributed by atoms with Crippen molar-refractivity contribution in [2.45, 2.75) is 52.7 Å². The van der Waals surface area contributed by atoms with Crippen molar-refractivity contribution in [2.75, 3.05) is 18.8 Å². The van der Waals surface area contributed by atoms with Crippen molar-refractivity contribution >= 4 is 16.9 Å². The number of rotatable bonds is 5. The van der Waals surface area contributed by atoms with Gasteiger partial charge in [0.2, 0.25) is 0 Å². The standard InChI is InChI=1S/C26H32N6O/c1-4-30-21-10-9-18(16-22(21)31(5-2)26(30)33)23-24(19-8-6-7-17(3)15-19)29-32(25(23)27)20-11-13-28-14-12-20/h6-10,15-16,20,28H,4-5,11-14,27H2,1-3H3. The maximum atomic E-state index is 12.9. The Morgan fingerprint density at radius 2 is 1.73 bits per heavy atom. The number of nitrogens with zero attached hydrogens (tertiary/aromatic N) is 4. The Hall–Kier alpha value is -3.32. The zero-order valence-electron chi connectivity index (χ0n) is 19.6. The van der Waals surface area contributed by atoms with Gasteiger partial charge in [-0.05, 0) is 70.5 Å². The van der Waals surface area contributed by atoms with Gasteiger partial charge >= 0.3 is 5.69 Å². The number of fused-ring (bicyclic) bond motifs is 1. The third-order valence-electron chi connectivity index (χ3n) is 6.83. The molecule has 1 aliphatic rings. The SMILES string of the molecule is CCn1c(=O)n(CC)c2cc(-c3c(-c4cccc(C)c4)nn(C4CCNCC4)c3N)ccc21. The summed E-state index contributed by atoms with van der Waals surface area (Å²) in [6.45, 7) is 9.32. The summed E-state index contributed by atoms with van der Waals surface area (Å²) in [6.07, 6.45) is 2.01. The summed E-state index contributed by atoms with van der Waals surface area (Å²) < 4.78 is 5.69. The summed E-state index contributed by atoms with van der Waals surface area (Å²) in [4.78, 5) is 12.9. The van der Waals surface area contributed by atoms with Crippen LogP contribution in [0.15, 0.2) is 47.3 Å². The van der Waals surface area contributed by atoms with Gasteiger partial charge in [0.1, 0.15) is 11.5 Å². The average Bonchev–Trinajstić information content (AvgIpc) is 3.32. The first-order valence-electron chi connectivity index (χ1n) is 11.9. The number of nitrogens with one attached hydrogen (secondary N) is 1. The fraction of sp³-hybridized carbons (Fsp3) is 0.385. The molecule has 0 unspecified atom stereocenters. The largest absolute Gasteiger partial charge is 0.383 e. The monoisotopic (exact) mass is 444 g/mol. The Morgan fingerprint density at radius 1 is 1.00 bits per heavy atom. The Bertz CT molecular complexity index is 1370. The first kappa shape index (κ1) is 21.5. The number of hydrogen-bond donors (Lipinski definition) is 2. The number of hydrogen-bond acceptors (Lipinski definition) is 4. The van der Waals surface area contributed by atoms with Crippen LogP contribution in [0.3, 0.4) is 0 Å². The second kappa shape index (κ2) is 8.56. The van der Waals surface area contributed by atoms with Crippen LogP contribution in [-0.4, -0.2) is 32.0 Å². The molecule has 0 spiro atoms. The molecule has 3 heterocycles. The molecule has 0 bridgehead atoms. The van der Waals surface area contributed by atoms with Crippen molar-refractivity contribution in [3.63, 3.8) is 0 Å². The molecule has 4 aromatic rings. The van der Waals surface area contributed by atoms with E-state index in [1.54, 1.807) is 0 Å². The molecular weight excluding hydrogens is 412 g/mol. The summed E-state index contributed by atoms with van der Waals surface area (Å²) in [5.41, 5.74) is 13.8. The van der Waals surface area contributed by atoms with E-state index in [4.69, 9.17) is 10.8 Å². The molecule has 7 nitrogen and oxygen atoms in total. The van der Waals surface area contributed by atoms with Gasteiger partial charge in [-0.1, -0.05) is 29.8 Å². The minimum absolute atomic E-state index is 0.0319. The van der Waals surface area contributed by atoms with Gasteiger partial charge in [-0.2, -0.15) is 5.10 Å². The van der Waals surface area contributed by atoms with Gasteiger partial charge in [0, 0.05) is 18.7 Å². The highest BCUT2D eigenvalue weighted by atomic mass is 16.1. The molecule has 2 aromatic heterocycles. The minimum Gasteiger partial charge on any atom is -0.383 e. The smallest absolute Gasteiger partial charge is 0.329 e. The molecule has 0 saturated carbocycles. The summed E-state index contributed by atoms with van der Waals surface area (Å²) in [5.74, 6) is 0.693. The van der Waals surface area contributed by atoms with Crippen LogP contribution in [0.1, 0.15) is 38.3 Å². The number of imidazole rings is 1. The molecule has 1 fully saturated rings. The highest BCUT2D eigenvalue weighted by molar-refractivity contribution is 5.92. The molecule has 7 heteroatoms. The number of aryl methyl sites for hydroxylation is 3. The number of piperidine rings is 1. The molecule has 1 saturated heterocycles. The quantitative estimate of drug-likeness (QED) is 0.484. The first-order chi connectivity index (χ1) is 16.0. The zero-order chi connectivity index (χ0) is 23.1. The van der Waals surface area contributed by atoms with E-state index in [2.05, 4.69) is 48.6 Å². The van der Waals surface area contributed by atoms with Crippen molar-refractivity contribution < 1.29 is 0 Å². The summed E-state index contributed by atoms with van der Waals surface area (Å²) in [6, 6.07) is 14.9. The fourth-order valence-electron chi connectivity index (χ4n) is 5.14. The lowest BCUT2D eigenvalue weighted by Gasteiger charge is -2.24. The van der Waals surface area contributed by atoms with E-state index in [0.717, 1.165) is 59.3 Å². The second-order valence-corrected chi connectivity index (χ2v) is 8.88. The maximum Gasteiger partial charge on any atom is 0.329 e. The van der Waals surface area contributed by atoms with Crippen LogP contribution in [0.2, 0.25) is 0 Å². The van der Waals surface area contributed by atoms with Crippen molar-refractivity contribution in [1.82, 2.24) is 24.2 Å². The lowest BCUT2D eigenvalue weighted by atomic mass is 9.99. The minimum atomic E-state index is 0.0319. The topological polar surface area (TPSA) is 82.8 Å². The first-order valence-corrected chi connectivity index (χ1v) is 11.9. The number of nitrogens with two attached hydrogens (primary N) is 1. The van der Waals surface area contributed by atoms with Crippen molar-refractivity contribution in [2.24, 2.45) is 0 Å². The predicted molar refractivity (Wildman–Crippen MR) is 134 cm³/mol. The average molecular weight is 445 g/mol. The van der Waals surface area contributed by atoms with Crippen LogP contribution in [0.5, 0.6) is 0 Å². The highest BCUT2D eigenvalue weighted by Crippen LogP contribution is 2.40. The number of aromatic nitrogens is 4. The van der Waals surface area contributed by atoms with E-state index in [1.165, 1.54) is 5.56 Å². The molecule has 2 aromatic carbocycles. The van der Waals surface area contributed by atoms with E-state index in [9.17, 15) is 4.79 Å². The molecule has 0 aliphatic carbocycles. The predicted octanol–water partition coefficient (Wildman–Crippen LogP) is 4.19. The van der Waals surface area contributed by atoms with Crippen LogP contribution in [0.25, 0.3) is 33.4 Å². The summed E-state index contributed by atoms with van der Waals surface area (Å²) in [5, 5.41) is 8.50. The third-order valence-corrected chi connectivity index (χ3v) is 6.83. The molecule has 3 N–H and O–H groups in total. The Morgan fingerprint density at radius 3 is 2.42 bits per heavy atom. The molecular formula is C26H32N6O. The van der Waals surface area contributed by atoms with Crippen LogP contribution >= 0.6 is 0 Å². The number of nitrogen functional groups attached to an aromatic ring is 1. The Kier molecular flexibility index (Phi) is 5.58. The lowest BCUT2D eigenvalue weighted by Crippen LogP contribution is -2.30. The number of anilines is 1. The third kappa shape index (κ3) is 3.56. The van der Waals surface area contributed by atoms with E-state index in [-0.39, 0.29) is 11.7 Å². The summed E-state index contributed by atoms with van der Waals surface area (Å²) in [7, 11) is 0. The molecule has 0 atom stereocenters. The normalized spacial score (nSPS) is 14.9. The zero-order valence-corrected chi connectivity index (χ0v) is 19.6. The Labute approximate surface area is 193 Å². The van der Waals surface area contributed by atoms with E-state index >= 15 is 0 Å². The summed E-state index contributed by atoms with van der Waals surface area (Å²) >= 11 is 0. The van der Waals surface area contributed by atoms with Gasteiger partial charge in [0.25, 0.3) is 0 Å². The second-order valence-electron chi connectivity index (χ2n) is 8.88. The van der Waals surface area contributed by atoms with Gasteiger partial charge in [-0.15, -0.1) is 0 Å². The number of benzene rings is 2. The van der Waals surface area contributed by atoms with E-state index in [1.807, 2.05) is 33.7 Å². The van der Waals surface area contributed by atoms with Gasteiger partial charge in [-0.3, -0.25) is 9.13 Å². The van der Waals surface area contributed by atoms with Gasteiger partial charge in [-0.25, -0.2) is 9.48 Å². The van der Waals surface area contributed by atoms with Crippen LogP contribution in [0.4, 0.5) is 5.82 Å². The molecule has 5 rings (SSSR count). The van der Waals surface area contributed by atoms with Crippen LogP contribution < -0.4 is 16.7 Å².